The average molecular weight is 191 g/mol. The Labute approximate surface area is 83.5 Å². The summed E-state index contributed by atoms with van der Waals surface area (Å²) in [5.74, 6) is 0. The summed E-state index contributed by atoms with van der Waals surface area (Å²) in [5, 5.41) is 12.0. The zero-order valence-electron chi connectivity index (χ0n) is 8.32. The number of rotatable bonds is 4. The van der Waals surface area contributed by atoms with Crippen LogP contribution in [0.25, 0.3) is 0 Å². The summed E-state index contributed by atoms with van der Waals surface area (Å²) >= 11 is 0. The Morgan fingerprint density at radius 3 is 3.14 bits per heavy atom. The zero-order valence-corrected chi connectivity index (χ0v) is 8.32. The van der Waals surface area contributed by atoms with Gasteiger partial charge < -0.3 is 10.1 Å². The van der Waals surface area contributed by atoms with E-state index in [2.05, 4.69) is 16.4 Å². The molecule has 0 aliphatic heterocycles. The summed E-state index contributed by atoms with van der Waals surface area (Å²) in [6, 6.07) is 3.95. The van der Waals surface area contributed by atoms with E-state index in [1.54, 1.807) is 25.6 Å². The first-order chi connectivity index (χ1) is 6.77. The maximum Gasteiger partial charge on any atom is 0.101 e. The van der Waals surface area contributed by atoms with Crippen molar-refractivity contribution in [3.8, 4) is 6.07 Å². The number of nitriles is 1. The molecule has 1 N–H and O–H groups in total. The lowest BCUT2D eigenvalue weighted by atomic mass is 10.2. The van der Waals surface area contributed by atoms with Gasteiger partial charge in [0, 0.05) is 19.3 Å². The molecule has 1 unspecified atom stereocenters. The molecule has 0 spiro atoms. The molecule has 0 aromatic carbocycles. The standard InChI is InChI=1S/C10H13N3O/c1-8(7-14-2)13-10-6-12-4-3-9(10)5-11/h3-4,6,8,13H,7H2,1-2H3. The second kappa shape index (κ2) is 5.20. The maximum atomic E-state index is 8.81. The topological polar surface area (TPSA) is 57.9 Å². The number of ether oxygens (including phenoxy) is 1. The molecule has 4 heteroatoms. The van der Waals surface area contributed by atoms with Gasteiger partial charge in [0.1, 0.15) is 6.07 Å². The Balaban J connectivity index is 2.71. The zero-order chi connectivity index (χ0) is 10.4. The van der Waals surface area contributed by atoms with Gasteiger partial charge in [0.25, 0.3) is 0 Å². The highest BCUT2D eigenvalue weighted by Gasteiger charge is 2.05. The molecular formula is C10H13N3O. The van der Waals surface area contributed by atoms with Gasteiger partial charge in [0.05, 0.1) is 24.1 Å². The molecule has 1 aromatic rings. The van der Waals surface area contributed by atoms with E-state index < -0.39 is 0 Å². The number of anilines is 1. The summed E-state index contributed by atoms with van der Waals surface area (Å²) in [5.41, 5.74) is 1.35. The monoisotopic (exact) mass is 191 g/mol. The van der Waals surface area contributed by atoms with E-state index in [4.69, 9.17) is 10.00 Å². The lowest BCUT2D eigenvalue weighted by Gasteiger charge is -2.14. The maximum absolute atomic E-state index is 8.81. The normalized spacial score (nSPS) is 11.8. The number of hydrogen-bond donors (Lipinski definition) is 1. The van der Waals surface area contributed by atoms with Gasteiger partial charge in [-0.3, -0.25) is 4.98 Å². The molecule has 0 radical (unpaired) electrons. The highest BCUT2D eigenvalue weighted by Crippen LogP contribution is 2.12. The molecule has 0 aliphatic rings. The lowest BCUT2D eigenvalue weighted by Crippen LogP contribution is -2.21. The van der Waals surface area contributed by atoms with Gasteiger partial charge in [-0.05, 0) is 13.0 Å². The van der Waals surface area contributed by atoms with Crippen LogP contribution in [-0.4, -0.2) is 24.7 Å². The molecule has 0 aliphatic carbocycles. The van der Waals surface area contributed by atoms with Crippen molar-refractivity contribution in [2.75, 3.05) is 19.0 Å². The van der Waals surface area contributed by atoms with Gasteiger partial charge in [-0.25, -0.2) is 0 Å². The van der Waals surface area contributed by atoms with Crippen LogP contribution in [0.15, 0.2) is 18.5 Å². The number of nitrogens with one attached hydrogen (secondary N) is 1. The van der Waals surface area contributed by atoms with Crippen molar-refractivity contribution in [1.29, 1.82) is 5.26 Å². The minimum Gasteiger partial charge on any atom is -0.383 e. The first kappa shape index (κ1) is 10.5. The van der Waals surface area contributed by atoms with E-state index in [1.165, 1.54) is 0 Å². The Hall–Kier alpha value is -1.60. The van der Waals surface area contributed by atoms with Crippen LogP contribution in [0.1, 0.15) is 12.5 Å². The molecular weight excluding hydrogens is 178 g/mol. The van der Waals surface area contributed by atoms with Crippen molar-refractivity contribution in [2.45, 2.75) is 13.0 Å². The van der Waals surface area contributed by atoms with E-state index in [0.29, 0.717) is 12.2 Å². The van der Waals surface area contributed by atoms with Crippen LogP contribution in [-0.2, 0) is 4.74 Å². The molecule has 1 atom stereocenters. The highest BCUT2D eigenvalue weighted by molar-refractivity contribution is 5.55. The van der Waals surface area contributed by atoms with E-state index in [1.807, 2.05) is 6.92 Å². The second-order valence-corrected chi connectivity index (χ2v) is 3.03. The number of nitrogens with zero attached hydrogens (tertiary/aromatic N) is 2. The van der Waals surface area contributed by atoms with Crippen molar-refractivity contribution in [3.05, 3.63) is 24.0 Å². The number of hydrogen-bond acceptors (Lipinski definition) is 4. The minimum absolute atomic E-state index is 0.163. The van der Waals surface area contributed by atoms with Crippen LogP contribution in [0.5, 0.6) is 0 Å². The third-order valence-corrected chi connectivity index (χ3v) is 1.76. The van der Waals surface area contributed by atoms with Crippen LogP contribution in [0.4, 0.5) is 5.69 Å². The molecule has 0 amide bonds. The van der Waals surface area contributed by atoms with E-state index in [-0.39, 0.29) is 6.04 Å². The Morgan fingerprint density at radius 2 is 2.50 bits per heavy atom. The van der Waals surface area contributed by atoms with E-state index >= 15 is 0 Å². The molecule has 0 saturated carbocycles. The molecule has 1 aromatic heterocycles. The molecule has 14 heavy (non-hydrogen) atoms. The Kier molecular flexibility index (Phi) is 3.89. The number of pyridine rings is 1. The molecule has 0 saturated heterocycles. The van der Waals surface area contributed by atoms with Crippen molar-refractivity contribution >= 4 is 5.69 Å². The fourth-order valence-corrected chi connectivity index (χ4v) is 1.16. The van der Waals surface area contributed by atoms with Crippen LogP contribution in [0.2, 0.25) is 0 Å². The molecule has 0 fully saturated rings. The summed E-state index contributed by atoms with van der Waals surface area (Å²) < 4.78 is 4.98. The van der Waals surface area contributed by atoms with E-state index in [9.17, 15) is 0 Å². The smallest absolute Gasteiger partial charge is 0.101 e. The van der Waals surface area contributed by atoms with Gasteiger partial charge in [-0.15, -0.1) is 0 Å². The van der Waals surface area contributed by atoms with Crippen molar-refractivity contribution in [3.63, 3.8) is 0 Å². The molecule has 74 valence electrons. The van der Waals surface area contributed by atoms with Crippen LogP contribution >= 0.6 is 0 Å². The number of aromatic nitrogens is 1. The Bertz CT molecular complexity index is 332. The Morgan fingerprint density at radius 1 is 1.71 bits per heavy atom. The van der Waals surface area contributed by atoms with Crippen LogP contribution in [0, 0.1) is 11.3 Å². The lowest BCUT2D eigenvalue weighted by molar-refractivity contribution is 0.190. The first-order valence-electron chi connectivity index (χ1n) is 4.37. The summed E-state index contributed by atoms with van der Waals surface area (Å²) in [6.45, 7) is 2.58. The summed E-state index contributed by atoms with van der Waals surface area (Å²) in [7, 11) is 1.65. The predicted molar refractivity (Wildman–Crippen MR) is 53.9 cm³/mol. The van der Waals surface area contributed by atoms with E-state index in [0.717, 1.165) is 5.69 Å². The largest absolute Gasteiger partial charge is 0.383 e. The molecule has 1 heterocycles. The van der Waals surface area contributed by atoms with Crippen LogP contribution in [0.3, 0.4) is 0 Å². The van der Waals surface area contributed by atoms with Gasteiger partial charge in [-0.1, -0.05) is 0 Å². The fraction of sp³-hybridized carbons (Fsp3) is 0.400. The van der Waals surface area contributed by atoms with Gasteiger partial charge in [0.2, 0.25) is 0 Å². The SMILES string of the molecule is COCC(C)Nc1cnccc1C#N. The fourth-order valence-electron chi connectivity index (χ4n) is 1.16. The molecule has 1 rings (SSSR count). The predicted octanol–water partition coefficient (Wildman–Crippen LogP) is 1.40. The van der Waals surface area contributed by atoms with Crippen molar-refractivity contribution in [1.82, 2.24) is 4.98 Å². The third kappa shape index (κ3) is 2.71. The van der Waals surface area contributed by atoms with Gasteiger partial charge >= 0.3 is 0 Å². The van der Waals surface area contributed by atoms with Crippen LogP contribution < -0.4 is 5.32 Å². The first-order valence-corrected chi connectivity index (χ1v) is 4.37. The quantitative estimate of drug-likeness (QED) is 0.781. The number of methoxy groups -OCH3 is 1. The molecule has 0 bridgehead atoms. The third-order valence-electron chi connectivity index (χ3n) is 1.76. The second-order valence-electron chi connectivity index (χ2n) is 3.03. The minimum atomic E-state index is 0.163. The van der Waals surface area contributed by atoms with Gasteiger partial charge in [0.15, 0.2) is 0 Å². The molecule has 4 nitrogen and oxygen atoms in total. The van der Waals surface area contributed by atoms with Gasteiger partial charge in [-0.2, -0.15) is 5.26 Å². The summed E-state index contributed by atoms with van der Waals surface area (Å²) in [6.07, 6.45) is 3.25. The van der Waals surface area contributed by atoms with Crippen molar-refractivity contribution in [2.24, 2.45) is 0 Å². The summed E-state index contributed by atoms with van der Waals surface area (Å²) in [4.78, 5) is 3.95. The average Bonchev–Trinajstić information content (AvgIpc) is 2.19. The highest BCUT2D eigenvalue weighted by atomic mass is 16.5. The van der Waals surface area contributed by atoms with Crippen molar-refractivity contribution < 1.29 is 4.74 Å².